The number of fused-ring (bicyclic) bond motifs is 1. The molecular formula is C8H7N3O3. The molecule has 1 aromatic heterocycles. The van der Waals surface area contributed by atoms with Crippen molar-refractivity contribution < 1.29 is 14.5 Å². The van der Waals surface area contributed by atoms with Gasteiger partial charge in [-0.1, -0.05) is 0 Å². The molecule has 2 rings (SSSR count). The number of rotatable bonds is 2. The maximum absolute atomic E-state index is 10.8. The van der Waals surface area contributed by atoms with Crippen molar-refractivity contribution in [2.45, 2.75) is 0 Å². The third kappa shape index (κ3) is 1.55. The summed E-state index contributed by atoms with van der Waals surface area (Å²) in [7, 11) is 0. The van der Waals surface area contributed by atoms with Crippen LogP contribution >= 0.6 is 0 Å². The van der Waals surface area contributed by atoms with Gasteiger partial charge in [-0.05, 0) is 28.5 Å². The highest BCUT2D eigenvalue weighted by Crippen LogP contribution is 2.15. The lowest BCUT2D eigenvalue weighted by atomic mass is 10.3. The fourth-order valence-corrected chi connectivity index (χ4v) is 1.06. The number of anilines is 1. The average Bonchev–Trinajstić information content (AvgIpc) is 2.64. The van der Waals surface area contributed by atoms with Gasteiger partial charge >= 0.3 is 0 Å². The monoisotopic (exact) mass is 193 g/mol. The molecule has 0 radical (unpaired) electrons. The molecule has 0 unspecified atom stereocenters. The number of amides is 1. The number of benzene rings is 1. The minimum absolute atomic E-state index is 0.471. The van der Waals surface area contributed by atoms with E-state index in [0.717, 1.165) is 0 Å². The van der Waals surface area contributed by atoms with E-state index >= 15 is 0 Å². The normalized spacial score (nSPS) is 10.4. The molecule has 6 nitrogen and oxygen atoms in total. The van der Waals surface area contributed by atoms with Gasteiger partial charge in [-0.3, -0.25) is 4.79 Å². The molecule has 0 aliphatic rings. The van der Waals surface area contributed by atoms with Gasteiger partial charge < -0.3 is 10.4 Å². The van der Waals surface area contributed by atoms with Crippen LogP contribution in [0.2, 0.25) is 0 Å². The Balaban J connectivity index is 2.30. The SMILES string of the molecule is O=C(CO)Nc1ccc2nonc2c1. The summed E-state index contributed by atoms with van der Waals surface area (Å²) in [5, 5.41) is 18.2. The summed E-state index contributed by atoms with van der Waals surface area (Å²) in [6.45, 7) is -0.547. The number of aromatic nitrogens is 2. The Labute approximate surface area is 78.5 Å². The largest absolute Gasteiger partial charge is 0.387 e. The van der Waals surface area contributed by atoms with E-state index in [1.807, 2.05) is 0 Å². The van der Waals surface area contributed by atoms with Crippen molar-refractivity contribution in [3.05, 3.63) is 18.2 Å². The van der Waals surface area contributed by atoms with Crippen molar-refractivity contribution in [3.63, 3.8) is 0 Å². The predicted molar refractivity (Wildman–Crippen MR) is 47.5 cm³/mol. The first-order valence-electron chi connectivity index (χ1n) is 3.92. The number of nitrogens with zero attached hydrogens (tertiary/aromatic N) is 2. The van der Waals surface area contributed by atoms with Gasteiger partial charge in [0.1, 0.15) is 17.6 Å². The van der Waals surface area contributed by atoms with Gasteiger partial charge in [-0.2, -0.15) is 0 Å². The van der Waals surface area contributed by atoms with Crippen LogP contribution in [-0.4, -0.2) is 27.9 Å². The fourth-order valence-electron chi connectivity index (χ4n) is 1.06. The molecule has 2 N–H and O–H groups in total. The fraction of sp³-hybridized carbons (Fsp3) is 0.125. The molecule has 0 aliphatic carbocycles. The first-order valence-corrected chi connectivity index (χ1v) is 3.92. The highest BCUT2D eigenvalue weighted by Gasteiger charge is 2.03. The standard InChI is InChI=1S/C8H7N3O3/c12-4-8(13)9-5-1-2-6-7(3-5)11-14-10-6/h1-3,12H,4H2,(H,9,13). The molecule has 0 fully saturated rings. The summed E-state index contributed by atoms with van der Waals surface area (Å²) in [5.41, 5.74) is 1.72. The second-order valence-electron chi connectivity index (χ2n) is 2.67. The van der Waals surface area contributed by atoms with Crippen molar-refractivity contribution in [1.82, 2.24) is 10.3 Å². The smallest absolute Gasteiger partial charge is 0.250 e. The van der Waals surface area contributed by atoms with Crippen LogP contribution in [0.3, 0.4) is 0 Å². The summed E-state index contributed by atoms with van der Waals surface area (Å²) in [4.78, 5) is 10.8. The topological polar surface area (TPSA) is 88.2 Å². The number of hydrogen-bond donors (Lipinski definition) is 2. The van der Waals surface area contributed by atoms with Crippen LogP contribution in [0.4, 0.5) is 5.69 Å². The zero-order chi connectivity index (χ0) is 9.97. The van der Waals surface area contributed by atoms with E-state index < -0.39 is 12.5 Å². The molecule has 0 aliphatic heterocycles. The van der Waals surface area contributed by atoms with Crippen LogP contribution in [0.25, 0.3) is 11.0 Å². The Kier molecular flexibility index (Phi) is 2.11. The van der Waals surface area contributed by atoms with E-state index in [1.165, 1.54) is 0 Å². The zero-order valence-electron chi connectivity index (χ0n) is 7.10. The third-order valence-electron chi connectivity index (χ3n) is 1.68. The number of nitrogens with one attached hydrogen (secondary N) is 1. The Hall–Kier alpha value is -1.95. The average molecular weight is 193 g/mol. The molecule has 0 bridgehead atoms. The number of aliphatic hydroxyl groups is 1. The predicted octanol–water partition coefficient (Wildman–Crippen LogP) is 0.154. The van der Waals surface area contributed by atoms with Crippen molar-refractivity contribution in [2.24, 2.45) is 0 Å². The first kappa shape index (κ1) is 8.64. The van der Waals surface area contributed by atoms with Crippen LogP contribution in [-0.2, 0) is 4.79 Å². The molecule has 1 amide bonds. The van der Waals surface area contributed by atoms with E-state index in [-0.39, 0.29) is 0 Å². The highest BCUT2D eigenvalue weighted by atomic mass is 16.6. The molecule has 72 valence electrons. The number of carbonyl (C=O) groups is 1. The lowest BCUT2D eigenvalue weighted by Gasteiger charge is -2.00. The van der Waals surface area contributed by atoms with Crippen molar-refractivity contribution in [2.75, 3.05) is 11.9 Å². The molecule has 2 aromatic rings. The molecule has 0 saturated carbocycles. The van der Waals surface area contributed by atoms with E-state index in [9.17, 15) is 4.79 Å². The van der Waals surface area contributed by atoms with E-state index in [1.54, 1.807) is 18.2 Å². The van der Waals surface area contributed by atoms with Gasteiger partial charge in [0.05, 0.1) is 0 Å². The molecule has 0 spiro atoms. The molecule has 0 atom stereocenters. The van der Waals surface area contributed by atoms with Crippen molar-refractivity contribution in [3.8, 4) is 0 Å². The van der Waals surface area contributed by atoms with Gasteiger partial charge in [0.2, 0.25) is 5.91 Å². The Morgan fingerprint density at radius 3 is 3.00 bits per heavy atom. The van der Waals surface area contributed by atoms with Gasteiger partial charge in [-0.15, -0.1) is 0 Å². The van der Waals surface area contributed by atoms with Crippen LogP contribution in [0.5, 0.6) is 0 Å². The van der Waals surface area contributed by atoms with Gasteiger partial charge in [0, 0.05) is 5.69 Å². The van der Waals surface area contributed by atoms with Gasteiger partial charge in [0.25, 0.3) is 0 Å². The van der Waals surface area contributed by atoms with Crippen LogP contribution in [0.15, 0.2) is 22.8 Å². The molecule has 0 saturated heterocycles. The quantitative estimate of drug-likeness (QED) is 0.708. The number of aliphatic hydroxyl groups excluding tert-OH is 1. The molecule has 6 heteroatoms. The number of carbonyl (C=O) groups excluding carboxylic acids is 1. The summed E-state index contributed by atoms with van der Waals surface area (Å²) in [5.74, 6) is -0.471. The van der Waals surface area contributed by atoms with E-state index in [0.29, 0.717) is 16.7 Å². The summed E-state index contributed by atoms with van der Waals surface area (Å²) < 4.78 is 4.49. The number of hydrogen-bond acceptors (Lipinski definition) is 5. The van der Waals surface area contributed by atoms with E-state index in [2.05, 4.69) is 20.3 Å². The van der Waals surface area contributed by atoms with Gasteiger partial charge in [-0.25, -0.2) is 4.63 Å². The second-order valence-corrected chi connectivity index (χ2v) is 2.67. The molecule has 14 heavy (non-hydrogen) atoms. The third-order valence-corrected chi connectivity index (χ3v) is 1.68. The summed E-state index contributed by atoms with van der Waals surface area (Å²) >= 11 is 0. The zero-order valence-corrected chi connectivity index (χ0v) is 7.10. The first-order chi connectivity index (χ1) is 6.79. The maximum atomic E-state index is 10.8. The Bertz CT molecular complexity index is 466. The van der Waals surface area contributed by atoms with Crippen LogP contribution in [0, 0.1) is 0 Å². The molecular weight excluding hydrogens is 186 g/mol. The van der Waals surface area contributed by atoms with Crippen LogP contribution < -0.4 is 5.32 Å². The lowest BCUT2D eigenvalue weighted by molar-refractivity contribution is -0.118. The second kappa shape index (κ2) is 3.43. The highest BCUT2D eigenvalue weighted by molar-refractivity contribution is 5.93. The molecule has 1 aromatic carbocycles. The summed E-state index contributed by atoms with van der Waals surface area (Å²) in [6, 6.07) is 4.93. The van der Waals surface area contributed by atoms with Crippen molar-refractivity contribution >= 4 is 22.6 Å². The van der Waals surface area contributed by atoms with E-state index in [4.69, 9.17) is 5.11 Å². The maximum Gasteiger partial charge on any atom is 0.250 e. The Morgan fingerprint density at radius 2 is 2.21 bits per heavy atom. The molecule has 1 heterocycles. The summed E-state index contributed by atoms with van der Waals surface area (Å²) in [6.07, 6.45) is 0. The lowest BCUT2D eigenvalue weighted by Crippen LogP contribution is -2.15. The minimum atomic E-state index is -0.547. The van der Waals surface area contributed by atoms with Crippen molar-refractivity contribution in [1.29, 1.82) is 0 Å². The minimum Gasteiger partial charge on any atom is -0.387 e. The van der Waals surface area contributed by atoms with Gasteiger partial charge in [0.15, 0.2) is 0 Å². The van der Waals surface area contributed by atoms with Crippen LogP contribution in [0.1, 0.15) is 0 Å². The Morgan fingerprint density at radius 1 is 1.43 bits per heavy atom.